The van der Waals surface area contributed by atoms with Gasteiger partial charge >= 0.3 is 12.3 Å². The number of carboxylic acid groups (broad SMARTS) is 1. The van der Waals surface area contributed by atoms with E-state index in [1.165, 1.54) is 24.3 Å². The van der Waals surface area contributed by atoms with Crippen LogP contribution in [0.1, 0.15) is 44.8 Å². The van der Waals surface area contributed by atoms with Crippen LogP contribution in [0.15, 0.2) is 91.0 Å². The summed E-state index contributed by atoms with van der Waals surface area (Å²) in [4.78, 5) is 26.7. The molecule has 10 heteroatoms. The van der Waals surface area contributed by atoms with Crippen molar-refractivity contribution in [2.45, 2.75) is 25.9 Å². The highest BCUT2D eigenvalue weighted by molar-refractivity contribution is 5.96. The minimum atomic E-state index is -4.77. The van der Waals surface area contributed by atoms with Crippen molar-refractivity contribution < 1.29 is 37.3 Å². The van der Waals surface area contributed by atoms with Gasteiger partial charge in [0.05, 0.1) is 23.8 Å². The zero-order valence-corrected chi connectivity index (χ0v) is 22.5. The zero-order chi connectivity index (χ0) is 29.9. The van der Waals surface area contributed by atoms with E-state index >= 15 is 0 Å². The van der Waals surface area contributed by atoms with Crippen molar-refractivity contribution in [2.75, 3.05) is 18.1 Å². The average molecular weight is 577 g/mol. The number of aromatic carboxylic acids is 1. The smallest absolute Gasteiger partial charge is 0.490 e. The van der Waals surface area contributed by atoms with E-state index in [-0.39, 0.29) is 17.2 Å². The molecule has 0 aliphatic carbocycles. The van der Waals surface area contributed by atoms with Crippen molar-refractivity contribution in [3.63, 3.8) is 0 Å². The van der Waals surface area contributed by atoms with Crippen molar-refractivity contribution >= 4 is 17.6 Å². The van der Waals surface area contributed by atoms with E-state index in [9.17, 15) is 27.9 Å². The summed E-state index contributed by atoms with van der Waals surface area (Å²) in [6.07, 6.45) is -4.77. The molecule has 1 heterocycles. The summed E-state index contributed by atoms with van der Waals surface area (Å²) < 4.78 is 47.0. The van der Waals surface area contributed by atoms with Crippen molar-refractivity contribution in [1.29, 1.82) is 0 Å². The molecule has 1 aliphatic heterocycles. The van der Waals surface area contributed by atoms with Gasteiger partial charge in [0.2, 0.25) is 0 Å². The van der Waals surface area contributed by atoms with Gasteiger partial charge in [0.25, 0.3) is 5.91 Å². The average Bonchev–Trinajstić information content (AvgIpc) is 2.97. The van der Waals surface area contributed by atoms with Gasteiger partial charge in [-0.1, -0.05) is 54.6 Å². The second-order valence-electron chi connectivity index (χ2n) is 9.81. The topological polar surface area (TPSA) is 88.1 Å². The van der Waals surface area contributed by atoms with Crippen LogP contribution in [-0.4, -0.2) is 36.5 Å². The first-order valence-corrected chi connectivity index (χ1v) is 13.2. The number of hydrogen-bond acceptors (Lipinski definition) is 5. The molecule has 0 saturated heterocycles. The van der Waals surface area contributed by atoms with Gasteiger partial charge in [-0.3, -0.25) is 4.79 Å². The van der Waals surface area contributed by atoms with Gasteiger partial charge in [-0.15, -0.1) is 13.2 Å². The van der Waals surface area contributed by atoms with Gasteiger partial charge in [-0.2, -0.15) is 0 Å². The Labute approximate surface area is 240 Å². The minimum absolute atomic E-state index is 0.245. The highest BCUT2D eigenvalue weighted by Crippen LogP contribution is 2.34. The molecule has 0 unspecified atom stereocenters. The molecule has 7 nitrogen and oxygen atoms in total. The number of ether oxygens (including phenoxy) is 2. The Kier molecular flexibility index (Phi) is 8.06. The molecule has 42 heavy (non-hydrogen) atoms. The fourth-order valence-electron chi connectivity index (χ4n) is 4.84. The number of benzene rings is 4. The number of carbonyl (C=O) groups is 2. The molecule has 1 amide bonds. The van der Waals surface area contributed by atoms with Gasteiger partial charge in [-0.25, -0.2) is 4.79 Å². The normalized spacial score (nSPS) is 13.5. The molecule has 0 fully saturated rings. The molecule has 0 spiro atoms. The maximum Gasteiger partial charge on any atom is 0.573 e. The Morgan fingerprint density at radius 2 is 1.71 bits per heavy atom. The highest BCUT2D eigenvalue weighted by Gasteiger charge is 2.31. The first-order chi connectivity index (χ1) is 20.1. The van der Waals surface area contributed by atoms with E-state index < -0.39 is 18.4 Å². The first kappa shape index (κ1) is 28.5. The second-order valence-corrected chi connectivity index (χ2v) is 9.81. The van der Waals surface area contributed by atoms with Gasteiger partial charge in [-0.05, 0) is 65.6 Å². The molecule has 4 aromatic carbocycles. The van der Waals surface area contributed by atoms with Crippen LogP contribution in [-0.2, 0) is 6.54 Å². The van der Waals surface area contributed by atoms with Crippen LogP contribution in [0.25, 0.3) is 11.1 Å². The number of carboxylic acids is 1. The monoisotopic (exact) mass is 576 g/mol. The quantitative estimate of drug-likeness (QED) is 0.239. The molecule has 4 aromatic rings. The van der Waals surface area contributed by atoms with Gasteiger partial charge in [0.1, 0.15) is 18.1 Å². The van der Waals surface area contributed by atoms with Crippen LogP contribution < -0.4 is 19.7 Å². The fraction of sp³-hybridized carbons (Fsp3) is 0.188. The molecular weight excluding hydrogens is 549 g/mol. The number of amides is 1. The van der Waals surface area contributed by atoms with Crippen LogP contribution in [0.2, 0.25) is 0 Å². The van der Waals surface area contributed by atoms with E-state index in [1.54, 1.807) is 37.3 Å². The molecule has 2 N–H and O–H groups in total. The minimum Gasteiger partial charge on any atom is -0.490 e. The lowest BCUT2D eigenvalue weighted by Crippen LogP contribution is -2.32. The van der Waals surface area contributed by atoms with Crippen LogP contribution in [0.3, 0.4) is 0 Å². The lowest BCUT2D eigenvalue weighted by Gasteiger charge is -2.31. The van der Waals surface area contributed by atoms with Crippen molar-refractivity contribution in [2.24, 2.45) is 0 Å². The Hall–Kier alpha value is -4.99. The lowest BCUT2D eigenvalue weighted by atomic mass is 9.98. The summed E-state index contributed by atoms with van der Waals surface area (Å²) >= 11 is 0. The number of carbonyl (C=O) groups excluding carboxylic acids is 1. The van der Waals surface area contributed by atoms with E-state index in [1.807, 2.05) is 36.4 Å². The number of nitrogens with one attached hydrogen (secondary N) is 1. The maximum absolute atomic E-state index is 13.0. The molecule has 0 saturated carbocycles. The van der Waals surface area contributed by atoms with Crippen LogP contribution in [0.4, 0.5) is 18.9 Å². The Bertz CT molecular complexity index is 1590. The van der Waals surface area contributed by atoms with Crippen molar-refractivity contribution in [3.05, 3.63) is 113 Å². The number of anilines is 1. The van der Waals surface area contributed by atoms with Crippen molar-refractivity contribution in [3.8, 4) is 22.6 Å². The van der Waals surface area contributed by atoms with E-state index in [0.29, 0.717) is 42.1 Å². The summed E-state index contributed by atoms with van der Waals surface area (Å²) in [6.45, 7) is 3.41. The summed E-state index contributed by atoms with van der Waals surface area (Å²) in [7, 11) is 0. The Balaban J connectivity index is 1.25. The number of nitrogens with zero attached hydrogens (tertiary/aromatic N) is 1. The predicted molar refractivity (Wildman–Crippen MR) is 151 cm³/mol. The van der Waals surface area contributed by atoms with Crippen LogP contribution >= 0.6 is 0 Å². The third-order valence-corrected chi connectivity index (χ3v) is 6.94. The largest absolute Gasteiger partial charge is 0.573 e. The molecular formula is C32H27F3N2O5. The summed E-state index contributed by atoms with van der Waals surface area (Å²) in [5.41, 5.74) is 4.59. The second kappa shape index (κ2) is 11.9. The molecule has 5 rings (SSSR count). The SMILES string of the molecule is C[C@H](NC(=O)c1ccc2c(c1)OCCN2Cc1ccc(-c2ccccc2C(=O)O)cc1)c1ccc(OC(F)(F)F)cc1. The lowest BCUT2D eigenvalue weighted by molar-refractivity contribution is -0.274. The van der Waals surface area contributed by atoms with Gasteiger partial charge in [0.15, 0.2) is 0 Å². The number of halogens is 3. The Morgan fingerprint density at radius 1 is 1.00 bits per heavy atom. The predicted octanol–water partition coefficient (Wildman–Crippen LogP) is 6.84. The molecule has 0 aromatic heterocycles. The molecule has 0 radical (unpaired) electrons. The zero-order valence-electron chi connectivity index (χ0n) is 22.5. The molecule has 0 bridgehead atoms. The van der Waals surface area contributed by atoms with E-state index in [0.717, 1.165) is 16.8 Å². The number of hydrogen-bond donors (Lipinski definition) is 2. The molecule has 1 atom stereocenters. The van der Waals surface area contributed by atoms with Crippen LogP contribution in [0.5, 0.6) is 11.5 Å². The standard InChI is InChI=1S/C32H27F3N2O5/c1-20(22-10-13-25(14-11-22)42-32(33,34)35)36-30(38)24-12-15-28-29(18-24)41-17-16-37(28)19-21-6-8-23(9-7-21)26-4-2-3-5-27(26)31(39)40/h2-15,18,20H,16-17,19H2,1H3,(H,36,38)(H,39,40)/t20-/m0/s1. The van der Waals surface area contributed by atoms with E-state index in [2.05, 4.69) is 15.0 Å². The summed E-state index contributed by atoms with van der Waals surface area (Å²) in [6, 6.07) is 24.7. The van der Waals surface area contributed by atoms with Crippen molar-refractivity contribution in [1.82, 2.24) is 5.32 Å². The van der Waals surface area contributed by atoms with Gasteiger partial charge < -0.3 is 24.8 Å². The molecule has 1 aliphatic rings. The summed E-state index contributed by atoms with van der Waals surface area (Å²) in [5, 5.41) is 12.4. The molecule has 216 valence electrons. The maximum atomic E-state index is 13.0. The van der Waals surface area contributed by atoms with Crippen LogP contribution in [0, 0.1) is 0 Å². The number of alkyl halides is 3. The van der Waals surface area contributed by atoms with Gasteiger partial charge in [0, 0.05) is 12.1 Å². The highest BCUT2D eigenvalue weighted by atomic mass is 19.4. The summed E-state index contributed by atoms with van der Waals surface area (Å²) in [5.74, 6) is -1.09. The van der Waals surface area contributed by atoms with E-state index in [4.69, 9.17) is 4.74 Å². The number of rotatable bonds is 8. The fourth-order valence-corrected chi connectivity index (χ4v) is 4.84. The third-order valence-electron chi connectivity index (χ3n) is 6.94. The Morgan fingerprint density at radius 3 is 2.40 bits per heavy atom. The third kappa shape index (κ3) is 6.65. The number of fused-ring (bicyclic) bond motifs is 1. The first-order valence-electron chi connectivity index (χ1n) is 13.2.